The number of aliphatic hydroxyl groups excluding tert-OH is 1. The molecular weight excluding hydrogens is 442 g/mol. The molecule has 4 aliphatic carbocycles. The summed E-state index contributed by atoms with van der Waals surface area (Å²) >= 11 is 0. The van der Waals surface area contributed by atoms with Gasteiger partial charge in [-0.05, 0) is 86.4 Å². The first-order valence-electron chi connectivity index (χ1n) is 14.2. The molecule has 6 aliphatic rings. The van der Waals surface area contributed by atoms with Gasteiger partial charge < -0.3 is 19.3 Å². The number of fused-ring (bicyclic) bond motifs is 6. The van der Waals surface area contributed by atoms with Crippen molar-refractivity contribution >= 4 is 5.97 Å². The van der Waals surface area contributed by atoms with Crippen molar-refractivity contribution in [2.75, 3.05) is 6.61 Å². The summed E-state index contributed by atoms with van der Waals surface area (Å²) < 4.78 is 18.7. The molecule has 6 rings (SSSR count). The second-order valence-electron chi connectivity index (χ2n) is 13.5. The smallest absolute Gasteiger partial charge is 0.302 e. The summed E-state index contributed by atoms with van der Waals surface area (Å²) in [5.41, 5.74) is -0.544. The number of rotatable bonds is 1. The van der Waals surface area contributed by atoms with Crippen molar-refractivity contribution < 1.29 is 24.1 Å². The van der Waals surface area contributed by atoms with Gasteiger partial charge in [0, 0.05) is 25.2 Å². The summed E-state index contributed by atoms with van der Waals surface area (Å²) in [6.07, 6.45) is 8.10. The Bertz CT molecular complexity index is 907. The molecule has 4 saturated carbocycles. The zero-order valence-corrected chi connectivity index (χ0v) is 21.9. The number of hydrogen-bond donors (Lipinski definition) is 1. The van der Waals surface area contributed by atoms with E-state index in [4.69, 9.17) is 14.2 Å². The molecule has 35 heavy (non-hydrogen) atoms. The number of carbonyl (C=O) groups excluding carboxylic acids is 1. The van der Waals surface area contributed by atoms with E-state index in [0.717, 1.165) is 57.8 Å². The van der Waals surface area contributed by atoms with E-state index in [9.17, 15) is 15.2 Å². The number of aliphatic hydroxyl groups is 1. The predicted molar refractivity (Wildman–Crippen MR) is 129 cm³/mol. The Morgan fingerprint density at radius 2 is 1.91 bits per heavy atom. The van der Waals surface area contributed by atoms with Crippen LogP contribution in [0.15, 0.2) is 0 Å². The van der Waals surface area contributed by atoms with Gasteiger partial charge in [0.25, 0.3) is 0 Å². The fourth-order valence-corrected chi connectivity index (χ4v) is 10.1. The quantitative estimate of drug-likeness (QED) is 0.535. The maximum atomic E-state index is 12.0. The van der Waals surface area contributed by atoms with E-state index in [2.05, 4.69) is 26.8 Å². The summed E-state index contributed by atoms with van der Waals surface area (Å²) in [5.74, 6) is 1.42. The maximum Gasteiger partial charge on any atom is 0.302 e. The van der Waals surface area contributed by atoms with E-state index in [0.29, 0.717) is 30.3 Å². The van der Waals surface area contributed by atoms with Gasteiger partial charge in [-0.3, -0.25) is 4.79 Å². The van der Waals surface area contributed by atoms with E-state index in [1.54, 1.807) is 0 Å². The third kappa shape index (κ3) is 3.33. The highest BCUT2D eigenvalue weighted by molar-refractivity contribution is 5.66. The predicted octanol–water partition coefficient (Wildman–Crippen LogP) is 4.84. The molecule has 2 heterocycles. The van der Waals surface area contributed by atoms with Gasteiger partial charge in [0.15, 0.2) is 5.79 Å². The lowest BCUT2D eigenvalue weighted by atomic mass is 9.52. The Balaban J connectivity index is 1.27. The minimum absolute atomic E-state index is 0.0242. The van der Waals surface area contributed by atoms with Crippen LogP contribution in [0.2, 0.25) is 0 Å². The molecule has 0 amide bonds. The number of carbonyl (C=O) groups is 1. The second-order valence-corrected chi connectivity index (χ2v) is 13.5. The lowest BCUT2D eigenvalue weighted by molar-refractivity contribution is -0.271. The summed E-state index contributed by atoms with van der Waals surface area (Å²) in [6, 6.07) is 2.75. The minimum atomic E-state index is -0.688. The van der Waals surface area contributed by atoms with Crippen molar-refractivity contribution in [1.82, 2.24) is 0 Å². The van der Waals surface area contributed by atoms with Crippen LogP contribution in [0.5, 0.6) is 0 Å². The molecule has 0 unspecified atom stereocenters. The molecule has 13 atom stereocenters. The average molecular weight is 486 g/mol. The molecule has 0 radical (unpaired) electrons. The van der Waals surface area contributed by atoms with Crippen LogP contribution in [0.4, 0.5) is 0 Å². The highest BCUT2D eigenvalue weighted by atomic mass is 16.7. The van der Waals surface area contributed by atoms with Crippen molar-refractivity contribution in [3.63, 3.8) is 0 Å². The molecule has 1 spiro atoms. The van der Waals surface area contributed by atoms with Crippen LogP contribution in [-0.2, 0) is 19.0 Å². The normalized spacial score (nSPS) is 56.9. The van der Waals surface area contributed by atoms with Gasteiger partial charge in [0.05, 0.1) is 30.3 Å². The maximum absolute atomic E-state index is 12.0. The molecule has 0 aromatic carbocycles. The van der Waals surface area contributed by atoms with Crippen LogP contribution in [0.25, 0.3) is 0 Å². The number of ether oxygens (including phenoxy) is 3. The molecular formula is C29H43NO5. The molecule has 1 N–H and O–H groups in total. The second kappa shape index (κ2) is 8.17. The van der Waals surface area contributed by atoms with E-state index in [-0.39, 0.29) is 41.3 Å². The molecule has 0 bridgehead atoms. The first kappa shape index (κ1) is 24.2. The van der Waals surface area contributed by atoms with Gasteiger partial charge in [0.2, 0.25) is 0 Å². The van der Waals surface area contributed by atoms with Gasteiger partial charge in [-0.1, -0.05) is 20.8 Å². The molecule has 0 aromatic rings. The summed E-state index contributed by atoms with van der Waals surface area (Å²) in [6.45, 7) is 9.06. The van der Waals surface area contributed by atoms with E-state index >= 15 is 0 Å². The highest BCUT2D eigenvalue weighted by Gasteiger charge is 2.71. The van der Waals surface area contributed by atoms with E-state index < -0.39 is 17.3 Å². The van der Waals surface area contributed by atoms with E-state index in [1.807, 2.05) is 0 Å². The molecule has 194 valence electrons. The minimum Gasteiger partial charge on any atom is -0.463 e. The molecule has 6 fully saturated rings. The third-order valence-electron chi connectivity index (χ3n) is 12.0. The van der Waals surface area contributed by atoms with Crippen LogP contribution in [0.1, 0.15) is 85.5 Å². The molecule has 6 heteroatoms. The van der Waals surface area contributed by atoms with Crippen LogP contribution in [0, 0.1) is 63.6 Å². The van der Waals surface area contributed by atoms with Crippen LogP contribution >= 0.6 is 0 Å². The van der Waals surface area contributed by atoms with Crippen molar-refractivity contribution in [3.05, 3.63) is 0 Å². The van der Waals surface area contributed by atoms with Gasteiger partial charge in [-0.15, -0.1) is 0 Å². The number of nitrogens with zero attached hydrogens (tertiary/aromatic N) is 1. The monoisotopic (exact) mass is 485 g/mol. The zero-order valence-electron chi connectivity index (χ0n) is 21.9. The summed E-state index contributed by atoms with van der Waals surface area (Å²) in [5, 5.41) is 22.7. The first-order valence-corrected chi connectivity index (χ1v) is 14.2. The van der Waals surface area contributed by atoms with Crippen molar-refractivity contribution in [1.29, 1.82) is 5.26 Å². The van der Waals surface area contributed by atoms with Gasteiger partial charge in [-0.2, -0.15) is 5.26 Å². The number of hydrogen-bond acceptors (Lipinski definition) is 6. The molecule has 0 aromatic heterocycles. The standard InChI is InChI=1S/C29H43NO5/c1-16-7-10-29(33-14-16)17(2)25-24(35-29)12-22-21-6-5-19-11-20(34-18(3)31)8-9-27(19,4)23(21)13-28(22,15-30)26(25)32/h16-17,19-26,32H,5-14H2,1-4H3/t16-,17+,19-,20+,21+,22-,23+,24-,25+,26+,27-,28-,29+/m0/s1. The summed E-state index contributed by atoms with van der Waals surface area (Å²) in [7, 11) is 0. The molecule has 6 nitrogen and oxygen atoms in total. The Morgan fingerprint density at radius 1 is 1.11 bits per heavy atom. The fourth-order valence-electron chi connectivity index (χ4n) is 10.1. The Hall–Kier alpha value is -1.16. The van der Waals surface area contributed by atoms with Gasteiger partial charge in [0.1, 0.15) is 6.10 Å². The Kier molecular flexibility index (Phi) is 5.65. The molecule has 2 aliphatic heterocycles. The lowest BCUT2D eigenvalue weighted by Crippen LogP contribution is -2.53. The average Bonchev–Trinajstić information content (AvgIpc) is 3.30. The van der Waals surface area contributed by atoms with E-state index in [1.165, 1.54) is 6.92 Å². The highest BCUT2D eigenvalue weighted by Crippen LogP contribution is 2.70. The molecule has 2 saturated heterocycles. The third-order valence-corrected chi connectivity index (χ3v) is 12.0. The Labute approximate surface area is 210 Å². The SMILES string of the molecule is CC(=O)O[C@@H]1CC[C@@]2(C)[C@@H](CC[C@H]3[C@H]2C[C@@]2(C#N)[C@H](O)[C@H]4[C@H](C[C@@H]32)O[C@]2(CC[C@H](C)CO2)[C@@H]4C)C1. The van der Waals surface area contributed by atoms with Crippen LogP contribution in [0.3, 0.4) is 0 Å². The number of nitriles is 1. The van der Waals surface area contributed by atoms with Crippen LogP contribution < -0.4 is 0 Å². The zero-order chi connectivity index (χ0) is 24.8. The van der Waals surface area contributed by atoms with Crippen molar-refractivity contribution in [3.8, 4) is 6.07 Å². The first-order chi connectivity index (χ1) is 16.6. The largest absolute Gasteiger partial charge is 0.463 e. The van der Waals surface area contributed by atoms with Crippen LogP contribution in [-0.4, -0.2) is 41.8 Å². The van der Waals surface area contributed by atoms with Gasteiger partial charge >= 0.3 is 5.97 Å². The summed E-state index contributed by atoms with van der Waals surface area (Å²) in [4.78, 5) is 11.6. The number of esters is 1. The Morgan fingerprint density at radius 3 is 2.60 bits per heavy atom. The topological polar surface area (TPSA) is 88.8 Å². The van der Waals surface area contributed by atoms with Crippen molar-refractivity contribution in [2.24, 2.45) is 52.3 Å². The van der Waals surface area contributed by atoms with Gasteiger partial charge in [-0.25, -0.2) is 0 Å². The van der Waals surface area contributed by atoms with Crippen molar-refractivity contribution in [2.45, 2.75) is 110 Å². The fraction of sp³-hybridized carbons (Fsp3) is 0.931. The lowest BCUT2D eigenvalue weighted by Gasteiger charge is -2.54.